The summed E-state index contributed by atoms with van der Waals surface area (Å²) < 4.78 is 25.1. The molecule has 0 spiro atoms. The zero-order valence-electron chi connectivity index (χ0n) is 13.4. The van der Waals surface area contributed by atoms with Gasteiger partial charge in [0, 0.05) is 30.2 Å². The number of nitrogens with zero attached hydrogens (tertiary/aromatic N) is 1. The molecule has 0 aromatic heterocycles. The molecule has 1 rings (SSSR count). The summed E-state index contributed by atoms with van der Waals surface area (Å²) >= 11 is 12.1. The molecule has 0 saturated carbocycles. The lowest BCUT2D eigenvalue weighted by Crippen LogP contribution is -2.42. The number of sulfonamides is 1. The molecule has 3 N–H and O–H groups in total. The zero-order chi connectivity index (χ0) is 17.5. The van der Waals surface area contributed by atoms with Crippen LogP contribution in [0.3, 0.4) is 0 Å². The highest BCUT2D eigenvalue weighted by molar-refractivity contribution is 7.89. The van der Waals surface area contributed by atoms with Crippen molar-refractivity contribution in [2.75, 3.05) is 25.9 Å². The van der Waals surface area contributed by atoms with Crippen molar-refractivity contribution in [2.24, 2.45) is 4.99 Å². The Hall–Kier alpha value is -1.02. The molecular weight excluding hydrogens is 359 g/mol. The Morgan fingerprint density at radius 3 is 2.57 bits per heavy atom. The third-order valence-electron chi connectivity index (χ3n) is 3.13. The summed E-state index contributed by atoms with van der Waals surface area (Å²) in [5.74, 6) is 0.616. The molecule has 0 aliphatic heterocycles. The summed E-state index contributed by atoms with van der Waals surface area (Å²) in [7, 11) is -1.54. The van der Waals surface area contributed by atoms with E-state index in [1.807, 2.05) is 13.0 Å². The van der Waals surface area contributed by atoms with E-state index in [9.17, 15) is 8.42 Å². The van der Waals surface area contributed by atoms with Gasteiger partial charge in [0.05, 0.1) is 11.8 Å². The highest BCUT2D eigenvalue weighted by Crippen LogP contribution is 2.25. The molecule has 1 atom stereocenters. The van der Waals surface area contributed by atoms with Gasteiger partial charge in [-0.1, -0.05) is 29.3 Å². The second-order valence-electron chi connectivity index (χ2n) is 4.83. The maximum absolute atomic E-state index is 11.3. The van der Waals surface area contributed by atoms with Gasteiger partial charge in [-0.05, 0) is 31.5 Å². The third-order valence-corrected chi connectivity index (χ3v) is 5.09. The lowest BCUT2D eigenvalue weighted by atomic mass is 10.1. The fraction of sp³-hybridized carbons (Fsp3) is 0.500. The van der Waals surface area contributed by atoms with Crippen LogP contribution in [0.2, 0.25) is 10.0 Å². The quantitative estimate of drug-likeness (QED) is 0.384. The molecule has 23 heavy (non-hydrogen) atoms. The fourth-order valence-corrected chi connectivity index (χ4v) is 3.01. The second-order valence-corrected chi connectivity index (χ2v) is 7.77. The Balaban J connectivity index is 2.53. The number of aliphatic imine (C=N–C) groups is 1. The van der Waals surface area contributed by atoms with Gasteiger partial charge in [-0.3, -0.25) is 4.99 Å². The zero-order valence-corrected chi connectivity index (χ0v) is 15.7. The van der Waals surface area contributed by atoms with E-state index in [0.29, 0.717) is 22.5 Å². The van der Waals surface area contributed by atoms with Gasteiger partial charge in [-0.2, -0.15) is 0 Å². The molecule has 0 saturated heterocycles. The Labute approximate surface area is 147 Å². The van der Waals surface area contributed by atoms with Gasteiger partial charge in [0.2, 0.25) is 10.0 Å². The fourth-order valence-electron chi connectivity index (χ4n) is 1.82. The van der Waals surface area contributed by atoms with E-state index in [2.05, 4.69) is 20.3 Å². The standard InChI is InChI=1S/C14H22Cl2N4O2S/c1-4-23(21,22)19-8-7-18-14(17-3)20-10(2)12-6-5-11(15)9-13(12)16/h5-6,9-10,19H,4,7-8H2,1-3H3,(H2,17,18,20). The maximum Gasteiger partial charge on any atom is 0.211 e. The molecule has 0 heterocycles. The van der Waals surface area contributed by atoms with Crippen molar-refractivity contribution in [3.8, 4) is 0 Å². The van der Waals surface area contributed by atoms with Crippen LogP contribution in [-0.4, -0.2) is 40.3 Å². The first-order valence-corrected chi connectivity index (χ1v) is 9.59. The van der Waals surface area contributed by atoms with Gasteiger partial charge in [0.1, 0.15) is 0 Å². The Bertz CT molecular complexity index is 650. The van der Waals surface area contributed by atoms with E-state index in [1.54, 1.807) is 26.1 Å². The van der Waals surface area contributed by atoms with Crippen LogP contribution < -0.4 is 15.4 Å². The first kappa shape index (κ1) is 20.0. The number of nitrogens with one attached hydrogen (secondary N) is 3. The average molecular weight is 381 g/mol. The summed E-state index contributed by atoms with van der Waals surface area (Å²) in [5, 5.41) is 7.38. The molecular formula is C14H22Cl2N4O2S. The molecule has 0 bridgehead atoms. The van der Waals surface area contributed by atoms with Crippen LogP contribution in [0, 0.1) is 0 Å². The molecule has 0 radical (unpaired) electrons. The Kier molecular flexibility index (Phi) is 8.11. The van der Waals surface area contributed by atoms with Crippen molar-refractivity contribution >= 4 is 39.2 Å². The van der Waals surface area contributed by atoms with Crippen LogP contribution >= 0.6 is 23.2 Å². The van der Waals surface area contributed by atoms with Crippen molar-refractivity contribution < 1.29 is 8.42 Å². The number of rotatable bonds is 7. The predicted molar refractivity (Wildman–Crippen MR) is 96.8 cm³/mol. The minimum Gasteiger partial charge on any atom is -0.355 e. The minimum atomic E-state index is -3.18. The first-order valence-electron chi connectivity index (χ1n) is 7.18. The Morgan fingerprint density at radius 1 is 1.30 bits per heavy atom. The van der Waals surface area contributed by atoms with Crippen molar-refractivity contribution in [2.45, 2.75) is 19.9 Å². The van der Waals surface area contributed by atoms with E-state index in [4.69, 9.17) is 23.2 Å². The van der Waals surface area contributed by atoms with Gasteiger partial charge in [-0.15, -0.1) is 0 Å². The number of halogens is 2. The molecule has 0 amide bonds. The lowest BCUT2D eigenvalue weighted by molar-refractivity contribution is 0.581. The van der Waals surface area contributed by atoms with E-state index >= 15 is 0 Å². The van der Waals surface area contributed by atoms with Gasteiger partial charge in [0.15, 0.2) is 5.96 Å². The number of benzene rings is 1. The van der Waals surface area contributed by atoms with E-state index in [1.165, 1.54) is 0 Å². The summed E-state index contributed by atoms with van der Waals surface area (Å²) in [6.07, 6.45) is 0. The number of guanidine groups is 1. The monoisotopic (exact) mass is 380 g/mol. The second kappa shape index (κ2) is 9.32. The molecule has 130 valence electrons. The van der Waals surface area contributed by atoms with Crippen LogP contribution in [0.1, 0.15) is 25.5 Å². The van der Waals surface area contributed by atoms with Crippen molar-refractivity contribution in [3.05, 3.63) is 33.8 Å². The largest absolute Gasteiger partial charge is 0.355 e. The molecule has 1 unspecified atom stereocenters. The van der Waals surface area contributed by atoms with Crippen LogP contribution in [0.15, 0.2) is 23.2 Å². The first-order chi connectivity index (χ1) is 10.8. The highest BCUT2D eigenvalue weighted by atomic mass is 35.5. The Morgan fingerprint density at radius 2 is 2.00 bits per heavy atom. The number of hydrogen-bond donors (Lipinski definition) is 3. The average Bonchev–Trinajstić information content (AvgIpc) is 2.50. The minimum absolute atomic E-state index is 0.0616. The SMILES string of the molecule is CCS(=O)(=O)NCCNC(=NC)NC(C)c1ccc(Cl)cc1Cl. The molecule has 6 nitrogen and oxygen atoms in total. The summed E-state index contributed by atoms with van der Waals surface area (Å²) in [4.78, 5) is 4.10. The maximum atomic E-state index is 11.3. The number of hydrogen-bond acceptors (Lipinski definition) is 3. The molecule has 1 aromatic carbocycles. The van der Waals surface area contributed by atoms with Crippen LogP contribution in [-0.2, 0) is 10.0 Å². The van der Waals surface area contributed by atoms with Gasteiger partial charge >= 0.3 is 0 Å². The van der Waals surface area contributed by atoms with E-state index < -0.39 is 10.0 Å². The van der Waals surface area contributed by atoms with Gasteiger partial charge in [-0.25, -0.2) is 13.1 Å². The topological polar surface area (TPSA) is 82.6 Å². The summed E-state index contributed by atoms with van der Waals surface area (Å²) in [6, 6.07) is 5.23. The smallest absolute Gasteiger partial charge is 0.211 e. The highest BCUT2D eigenvalue weighted by Gasteiger charge is 2.12. The normalized spacial score (nSPS) is 13.7. The summed E-state index contributed by atoms with van der Waals surface area (Å²) in [6.45, 7) is 4.24. The predicted octanol–water partition coefficient (Wildman–Crippen LogP) is 2.16. The summed E-state index contributed by atoms with van der Waals surface area (Å²) in [5.41, 5.74) is 0.894. The van der Waals surface area contributed by atoms with Crippen LogP contribution in [0.4, 0.5) is 0 Å². The molecule has 0 fully saturated rings. The van der Waals surface area contributed by atoms with E-state index in [0.717, 1.165) is 5.56 Å². The van der Waals surface area contributed by atoms with Crippen LogP contribution in [0.5, 0.6) is 0 Å². The molecule has 0 aliphatic rings. The van der Waals surface area contributed by atoms with Crippen molar-refractivity contribution in [3.63, 3.8) is 0 Å². The molecule has 9 heteroatoms. The molecule has 0 aliphatic carbocycles. The van der Waals surface area contributed by atoms with E-state index in [-0.39, 0.29) is 18.3 Å². The van der Waals surface area contributed by atoms with Crippen molar-refractivity contribution in [1.82, 2.24) is 15.4 Å². The third kappa shape index (κ3) is 6.95. The lowest BCUT2D eigenvalue weighted by Gasteiger charge is -2.19. The van der Waals surface area contributed by atoms with Gasteiger partial charge in [0.25, 0.3) is 0 Å². The van der Waals surface area contributed by atoms with Crippen molar-refractivity contribution in [1.29, 1.82) is 0 Å². The molecule has 1 aromatic rings. The van der Waals surface area contributed by atoms with Crippen LogP contribution in [0.25, 0.3) is 0 Å². The van der Waals surface area contributed by atoms with Gasteiger partial charge < -0.3 is 10.6 Å².